The summed E-state index contributed by atoms with van der Waals surface area (Å²) < 4.78 is 13.5. The van der Waals surface area contributed by atoms with Gasteiger partial charge >= 0.3 is 0 Å². The van der Waals surface area contributed by atoms with Crippen molar-refractivity contribution >= 4 is 23.4 Å². The van der Waals surface area contributed by atoms with Gasteiger partial charge in [-0.15, -0.1) is 0 Å². The number of nitrogens with zero attached hydrogens (tertiary/aromatic N) is 1. The van der Waals surface area contributed by atoms with Crippen molar-refractivity contribution in [3.8, 4) is 0 Å². The quantitative estimate of drug-likeness (QED) is 0.595. The molecule has 0 radical (unpaired) electrons. The van der Waals surface area contributed by atoms with Crippen LogP contribution >= 0.6 is 0 Å². The van der Waals surface area contributed by atoms with E-state index in [4.69, 9.17) is 5.73 Å². The number of amides is 3. The van der Waals surface area contributed by atoms with Gasteiger partial charge in [-0.1, -0.05) is 37.3 Å². The zero-order valence-corrected chi connectivity index (χ0v) is 16.4. The fourth-order valence-corrected chi connectivity index (χ4v) is 3.01. The van der Waals surface area contributed by atoms with E-state index in [9.17, 15) is 18.8 Å². The number of para-hydroxylation sites is 1. The molecular weight excluding hydrogens is 375 g/mol. The van der Waals surface area contributed by atoms with Gasteiger partial charge in [0.1, 0.15) is 11.9 Å². The van der Waals surface area contributed by atoms with Crippen LogP contribution in [0.3, 0.4) is 0 Å². The third-order valence-corrected chi connectivity index (χ3v) is 4.39. The molecule has 3 amide bonds. The Labute approximate surface area is 169 Å². The van der Waals surface area contributed by atoms with Crippen LogP contribution in [-0.2, 0) is 20.8 Å². The third-order valence-electron chi connectivity index (χ3n) is 4.39. The largest absolute Gasteiger partial charge is 0.368 e. The first-order valence-corrected chi connectivity index (χ1v) is 9.21. The van der Waals surface area contributed by atoms with Gasteiger partial charge < -0.3 is 16.4 Å². The number of anilines is 1. The SMILES string of the molecule is CCc1ccccc1NC(=O)CNC(=O)CN(C)C(C(N)=O)c1cccc(F)c1. The molecule has 0 heterocycles. The molecule has 0 saturated carbocycles. The van der Waals surface area contributed by atoms with Crippen LogP contribution < -0.4 is 16.4 Å². The van der Waals surface area contributed by atoms with E-state index in [2.05, 4.69) is 10.6 Å². The van der Waals surface area contributed by atoms with Gasteiger partial charge in [0.15, 0.2) is 0 Å². The van der Waals surface area contributed by atoms with Crippen LogP contribution in [0, 0.1) is 5.82 Å². The lowest BCUT2D eigenvalue weighted by atomic mass is 10.0. The maximum absolute atomic E-state index is 13.5. The molecule has 2 rings (SSSR count). The highest BCUT2D eigenvalue weighted by Gasteiger charge is 2.25. The van der Waals surface area contributed by atoms with Crippen molar-refractivity contribution in [2.24, 2.45) is 5.73 Å². The molecule has 0 saturated heterocycles. The maximum atomic E-state index is 13.5. The summed E-state index contributed by atoms with van der Waals surface area (Å²) in [6, 6.07) is 11.9. The maximum Gasteiger partial charge on any atom is 0.243 e. The van der Waals surface area contributed by atoms with E-state index < -0.39 is 23.7 Å². The summed E-state index contributed by atoms with van der Waals surface area (Å²) in [6.45, 7) is 1.57. The number of primary amides is 1. The van der Waals surface area contributed by atoms with Crippen molar-refractivity contribution in [1.82, 2.24) is 10.2 Å². The number of aryl methyl sites for hydroxylation is 1. The number of rotatable bonds is 9. The predicted octanol–water partition coefficient (Wildman–Crippen LogP) is 1.60. The van der Waals surface area contributed by atoms with E-state index in [0.717, 1.165) is 12.0 Å². The molecule has 0 fully saturated rings. The van der Waals surface area contributed by atoms with Crippen LogP contribution in [0.15, 0.2) is 48.5 Å². The normalized spacial score (nSPS) is 11.7. The van der Waals surface area contributed by atoms with Crippen LogP contribution in [0.2, 0.25) is 0 Å². The number of nitrogens with one attached hydrogen (secondary N) is 2. The lowest BCUT2D eigenvalue weighted by Crippen LogP contribution is -2.43. The Morgan fingerprint density at radius 2 is 1.83 bits per heavy atom. The van der Waals surface area contributed by atoms with Crippen LogP contribution in [0.4, 0.5) is 10.1 Å². The summed E-state index contributed by atoms with van der Waals surface area (Å²) in [7, 11) is 1.53. The summed E-state index contributed by atoms with van der Waals surface area (Å²) in [5, 5.41) is 5.27. The van der Waals surface area contributed by atoms with Crippen molar-refractivity contribution in [1.29, 1.82) is 0 Å². The molecular formula is C21H25FN4O3. The van der Waals surface area contributed by atoms with Gasteiger partial charge in [-0.05, 0) is 42.8 Å². The molecule has 4 N–H and O–H groups in total. The zero-order chi connectivity index (χ0) is 21.4. The summed E-state index contributed by atoms with van der Waals surface area (Å²) in [6.07, 6.45) is 0.766. The Balaban J connectivity index is 1.91. The molecule has 29 heavy (non-hydrogen) atoms. The first-order valence-electron chi connectivity index (χ1n) is 9.21. The molecule has 7 nitrogen and oxygen atoms in total. The monoisotopic (exact) mass is 400 g/mol. The zero-order valence-electron chi connectivity index (χ0n) is 16.4. The molecule has 0 aliphatic carbocycles. The highest BCUT2D eigenvalue weighted by atomic mass is 19.1. The van der Waals surface area contributed by atoms with E-state index in [1.165, 1.54) is 30.1 Å². The Kier molecular flexibility index (Phi) is 7.85. The van der Waals surface area contributed by atoms with E-state index >= 15 is 0 Å². The van der Waals surface area contributed by atoms with Gasteiger partial charge in [0, 0.05) is 5.69 Å². The number of halogens is 1. The number of hydrogen-bond acceptors (Lipinski definition) is 4. The fourth-order valence-electron chi connectivity index (χ4n) is 3.01. The number of hydrogen-bond donors (Lipinski definition) is 3. The standard InChI is InChI=1S/C21H25FN4O3/c1-3-14-7-4-5-10-17(14)25-18(27)12-24-19(28)13-26(2)20(21(23)29)15-8-6-9-16(22)11-15/h4-11,20H,3,12-13H2,1-2H3,(H2,23,29)(H,24,28)(H,25,27). The number of carbonyl (C=O) groups is 3. The average molecular weight is 400 g/mol. The smallest absolute Gasteiger partial charge is 0.243 e. The second-order valence-electron chi connectivity index (χ2n) is 6.61. The first kappa shape index (κ1) is 22.0. The van der Waals surface area contributed by atoms with E-state index in [1.807, 2.05) is 25.1 Å². The highest BCUT2D eigenvalue weighted by molar-refractivity contribution is 5.95. The number of benzene rings is 2. The summed E-state index contributed by atoms with van der Waals surface area (Å²) in [4.78, 5) is 37.5. The molecule has 1 atom stereocenters. The molecule has 0 aliphatic rings. The average Bonchev–Trinajstić information content (AvgIpc) is 2.66. The fraction of sp³-hybridized carbons (Fsp3) is 0.286. The van der Waals surface area contributed by atoms with E-state index in [1.54, 1.807) is 12.1 Å². The molecule has 154 valence electrons. The second-order valence-corrected chi connectivity index (χ2v) is 6.61. The topological polar surface area (TPSA) is 105 Å². The third kappa shape index (κ3) is 6.39. The Hall–Kier alpha value is -3.26. The van der Waals surface area contributed by atoms with Gasteiger partial charge in [-0.3, -0.25) is 19.3 Å². The second kappa shape index (κ2) is 10.3. The van der Waals surface area contributed by atoms with Crippen molar-refractivity contribution < 1.29 is 18.8 Å². The molecule has 2 aromatic carbocycles. The number of carbonyl (C=O) groups excluding carboxylic acids is 3. The van der Waals surface area contributed by atoms with Crippen LogP contribution in [0.5, 0.6) is 0 Å². The van der Waals surface area contributed by atoms with Crippen molar-refractivity contribution in [2.45, 2.75) is 19.4 Å². The van der Waals surface area contributed by atoms with Gasteiger partial charge in [0.2, 0.25) is 17.7 Å². The molecule has 2 aromatic rings. The van der Waals surface area contributed by atoms with Crippen molar-refractivity contribution in [3.63, 3.8) is 0 Å². The lowest BCUT2D eigenvalue weighted by Gasteiger charge is -2.25. The van der Waals surface area contributed by atoms with Crippen molar-refractivity contribution in [2.75, 3.05) is 25.5 Å². The minimum atomic E-state index is -0.971. The van der Waals surface area contributed by atoms with Gasteiger partial charge in [-0.25, -0.2) is 4.39 Å². The van der Waals surface area contributed by atoms with Crippen LogP contribution in [0.1, 0.15) is 24.1 Å². The lowest BCUT2D eigenvalue weighted by molar-refractivity contribution is -0.127. The molecule has 0 bridgehead atoms. The Bertz CT molecular complexity index is 888. The Morgan fingerprint density at radius 3 is 2.48 bits per heavy atom. The van der Waals surface area contributed by atoms with Crippen LogP contribution in [-0.4, -0.2) is 42.8 Å². The molecule has 1 unspecified atom stereocenters. The summed E-state index contributed by atoms with van der Waals surface area (Å²) >= 11 is 0. The summed E-state index contributed by atoms with van der Waals surface area (Å²) in [5.74, 6) is -2.04. The van der Waals surface area contributed by atoms with E-state index in [0.29, 0.717) is 11.3 Å². The summed E-state index contributed by atoms with van der Waals surface area (Å²) in [5.41, 5.74) is 7.47. The predicted molar refractivity (Wildman–Crippen MR) is 108 cm³/mol. The molecule has 8 heteroatoms. The van der Waals surface area contributed by atoms with Crippen molar-refractivity contribution in [3.05, 3.63) is 65.5 Å². The van der Waals surface area contributed by atoms with Gasteiger partial charge in [0.05, 0.1) is 13.1 Å². The van der Waals surface area contributed by atoms with Gasteiger partial charge in [-0.2, -0.15) is 0 Å². The number of nitrogens with two attached hydrogens (primary N) is 1. The number of likely N-dealkylation sites (N-methyl/N-ethyl adjacent to an activating group) is 1. The molecule has 0 aliphatic heterocycles. The van der Waals surface area contributed by atoms with Gasteiger partial charge in [0.25, 0.3) is 0 Å². The molecule has 0 aromatic heterocycles. The Morgan fingerprint density at radius 1 is 1.10 bits per heavy atom. The minimum Gasteiger partial charge on any atom is -0.368 e. The highest BCUT2D eigenvalue weighted by Crippen LogP contribution is 2.19. The first-order chi connectivity index (χ1) is 13.8. The molecule has 0 spiro atoms. The van der Waals surface area contributed by atoms with E-state index in [-0.39, 0.29) is 19.0 Å². The van der Waals surface area contributed by atoms with Crippen LogP contribution in [0.25, 0.3) is 0 Å². The minimum absolute atomic E-state index is 0.192.